The number of halogens is 6. The van der Waals surface area contributed by atoms with Gasteiger partial charge in [0.05, 0.1) is 20.6 Å². The number of hydrogen-bond acceptors (Lipinski definition) is 3. The number of nitrogen functional groups attached to an aromatic ring is 1. The van der Waals surface area contributed by atoms with Crippen molar-refractivity contribution in [3.63, 3.8) is 0 Å². The summed E-state index contributed by atoms with van der Waals surface area (Å²) in [5, 5.41) is 0.0200. The molecule has 10 heteroatoms. The van der Waals surface area contributed by atoms with Gasteiger partial charge in [-0.1, -0.05) is 11.6 Å². The number of aromatic nitrogens is 2. The molecule has 0 bridgehead atoms. The van der Waals surface area contributed by atoms with Crippen LogP contribution in [0, 0.1) is 12.7 Å². The molecule has 0 aliphatic carbocycles. The summed E-state index contributed by atoms with van der Waals surface area (Å²) in [6.45, 7) is 0.170. The van der Waals surface area contributed by atoms with E-state index in [1.54, 1.807) is 0 Å². The molecule has 0 amide bonds. The maximum absolute atomic E-state index is 13.5. The van der Waals surface area contributed by atoms with E-state index in [1.807, 2.05) is 0 Å². The number of alkyl halides is 3. The molecule has 0 atom stereocenters. The molecule has 0 fully saturated rings. The van der Waals surface area contributed by atoms with E-state index in [0.29, 0.717) is 0 Å². The zero-order chi connectivity index (χ0) is 20.1. The van der Waals surface area contributed by atoms with Gasteiger partial charge in [-0.05, 0) is 47.1 Å². The summed E-state index contributed by atoms with van der Waals surface area (Å²) in [7, 11) is 0. The van der Waals surface area contributed by atoms with Crippen LogP contribution < -0.4 is 5.73 Å². The van der Waals surface area contributed by atoms with E-state index < -0.39 is 24.3 Å². The van der Waals surface area contributed by atoms with E-state index >= 15 is 0 Å². The lowest BCUT2D eigenvalue weighted by atomic mass is 10.0. The first-order chi connectivity index (χ1) is 12.5. The Morgan fingerprint density at radius 3 is 2.63 bits per heavy atom. The monoisotopic (exact) mass is 463 g/mol. The lowest BCUT2D eigenvalue weighted by molar-refractivity contribution is -0.140. The molecular weight excluding hydrogens is 454 g/mol. The summed E-state index contributed by atoms with van der Waals surface area (Å²) < 4.78 is 53.1. The van der Waals surface area contributed by atoms with Crippen molar-refractivity contribution in [2.45, 2.75) is 19.6 Å². The van der Waals surface area contributed by atoms with Crippen LogP contribution in [0.1, 0.15) is 21.7 Å². The Bertz CT molecular complexity index is 1080. The van der Waals surface area contributed by atoms with E-state index in [2.05, 4.69) is 20.9 Å². The van der Waals surface area contributed by atoms with Gasteiger partial charge in [0.25, 0.3) is 0 Å². The van der Waals surface area contributed by atoms with Crippen LogP contribution in [0.25, 0.3) is 11.0 Å². The smallest absolute Gasteiger partial charge is 0.398 e. The van der Waals surface area contributed by atoms with Crippen LogP contribution in [0.5, 0.6) is 0 Å². The molecule has 0 saturated heterocycles. The predicted molar refractivity (Wildman–Crippen MR) is 97.5 cm³/mol. The van der Waals surface area contributed by atoms with Crippen molar-refractivity contribution in [3.8, 4) is 0 Å². The number of nitrogens with two attached hydrogens (primary N) is 1. The minimum absolute atomic E-state index is 0.0200. The van der Waals surface area contributed by atoms with Crippen LogP contribution >= 0.6 is 27.5 Å². The van der Waals surface area contributed by atoms with Crippen molar-refractivity contribution in [3.05, 3.63) is 56.5 Å². The molecule has 4 nitrogen and oxygen atoms in total. The molecule has 0 aliphatic rings. The Labute approximate surface area is 164 Å². The summed E-state index contributed by atoms with van der Waals surface area (Å²) in [6.07, 6.45) is -4.46. The van der Waals surface area contributed by atoms with E-state index in [-0.39, 0.29) is 43.2 Å². The molecule has 1 aromatic heterocycles. The Balaban J connectivity index is 2.21. The number of fused-ring (bicyclic) bond motifs is 1. The number of ketones is 1. The van der Waals surface area contributed by atoms with Gasteiger partial charge in [-0.3, -0.25) is 4.79 Å². The molecule has 3 rings (SSSR count). The number of hydrogen-bond donors (Lipinski definition) is 1. The van der Waals surface area contributed by atoms with Gasteiger partial charge in [0.2, 0.25) is 0 Å². The average Bonchev–Trinajstić information content (AvgIpc) is 2.85. The summed E-state index contributed by atoms with van der Waals surface area (Å²) in [5.74, 6) is -1.23. The minimum atomic E-state index is -4.46. The summed E-state index contributed by atoms with van der Waals surface area (Å²) in [6, 6.07) is 4.54. The van der Waals surface area contributed by atoms with E-state index in [0.717, 1.165) is 16.7 Å². The van der Waals surface area contributed by atoms with E-state index in [1.165, 1.54) is 19.1 Å². The van der Waals surface area contributed by atoms with Gasteiger partial charge in [0.15, 0.2) is 5.78 Å². The number of benzene rings is 2. The molecule has 0 saturated carbocycles. The van der Waals surface area contributed by atoms with Gasteiger partial charge in [-0.25, -0.2) is 9.37 Å². The molecule has 2 N–H and O–H groups in total. The van der Waals surface area contributed by atoms with Crippen LogP contribution in [0.2, 0.25) is 5.02 Å². The van der Waals surface area contributed by atoms with Gasteiger partial charge in [-0.2, -0.15) is 13.2 Å². The number of anilines is 1. The zero-order valence-electron chi connectivity index (χ0n) is 13.7. The molecule has 0 aliphatic heterocycles. The largest absolute Gasteiger partial charge is 0.406 e. The molecule has 0 unspecified atom stereocenters. The average molecular weight is 465 g/mol. The van der Waals surface area contributed by atoms with Crippen LogP contribution in [0.15, 0.2) is 28.7 Å². The fourth-order valence-corrected chi connectivity index (χ4v) is 3.67. The second-order valence-electron chi connectivity index (χ2n) is 5.84. The topological polar surface area (TPSA) is 60.9 Å². The highest BCUT2D eigenvalue weighted by atomic mass is 79.9. The van der Waals surface area contributed by atoms with Crippen molar-refractivity contribution >= 4 is 50.0 Å². The molecule has 1 heterocycles. The van der Waals surface area contributed by atoms with Crippen LogP contribution in [0.3, 0.4) is 0 Å². The lowest BCUT2D eigenvalue weighted by Crippen LogP contribution is -2.18. The maximum atomic E-state index is 13.5. The number of carbonyl (C=O) groups excluding carboxylic acids is 1. The quantitative estimate of drug-likeness (QED) is 0.326. The standard InChI is InChI=1S/C17H11BrClF4N3O/c1-7-25-15-12(26(7)6-17(21,22)23)5-11(24)13(14(15)18)16(27)9-4-8(20)2-3-10(9)19/h2-5H,6,24H2,1H3. The first kappa shape index (κ1) is 19.6. The first-order valence-corrected chi connectivity index (χ1v) is 8.68. The fourth-order valence-electron chi connectivity index (χ4n) is 2.77. The van der Waals surface area contributed by atoms with Crippen molar-refractivity contribution in [1.82, 2.24) is 9.55 Å². The maximum Gasteiger partial charge on any atom is 0.406 e. The number of carbonyl (C=O) groups is 1. The highest BCUT2D eigenvalue weighted by molar-refractivity contribution is 9.10. The zero-order valence-corrected chi connectivity index (χ0v) is 16.0. The Hall–Kier alpha value is -2.13. The molecule has 27 heavy (non-hydrogen) atoms. The fraction of sp³-hybridized carbons (Fsp3) is 0.176. The van der Waals surface area contributed by atoms with Crippen LogP contribution in [0.4, 0.5) is 23.2 Å². The second-order valence-corrected chi connectivity index (χ2v) is 7.04. The highest BCUT2D eigenvalue weighted by Gasteiger charge is 2.31. The molecular formula is C17H11BrClF4N3O. The third kappa shape index (κ3) is 3.66. The minimum Gasteiger partial charge on any atom is -0.398 e. The number of aryl methyl sites for hydroxylation is 1. The van der Waals surface area contributed by atoms with E-state index in [9.17, 15) is 22.4 Å². The summed E-state index contributed by atoms with van der Waals surface area (Å²) >= 11 is 9.18. The second kappa shape index (κ2) is 6.79. The van der Waals surface area contributed by atoms with Gasteiger partial charge in [0, 0.05) is 11.3 Å². The summed E-state index contributed by atoms with van der Waals surface area (Å²) in [5.41, 5.74) is 5.96. The number of imidazole rings is 1. The number of rotatable bonds is 3. The number of nitrogens with zero attached hydrogens (tertiary/aromatic N) is 2. The third-order valence-electron chi connectivity index (χ3n) is 3.94. The Morgan fingerprint density at radius 2 is 2.00 bits per heavy atom. The van der Waals surface area contributed by atoms with Crippen LogP contribution in [-0.2, 0) is 6.54 Å². The van der Waals surface area contributed by atoms with Gasteiger partial charge < -0.3 is 10.3 Å². The molecule has 142 valence electrons. The first-order valence-electron chi connectivity index (χ1n) is 7.51. The molecule has 0 spiro atoms. The van der Waals surface area contributed by atoms with E-state index in [4.69, 9.17) is 17.3 Å². The van der Waals surface area contributed by atoms with Crippen molar-refractivity contribution < 1.29 is 22.4 Å². The van der Waals surface area contributed by atoms with Crippen molar-refractivity contribution in [1.29, 1.82) is 0 Å². The lowest BCUT2D eigenvalue weighted by Gasteiger charge is -2.13. The highest BCUT2D eigenvalue weighted by Crippen LogP contribution is 2.36. The van der Waals surface area contributed by atoms with Gasteiger partial charge in [0.1, 0.15) is 23.7 Å². The molecule has 0 radical (unpaired) electrons. The molecule has 2 aromatic carbocycles. The van der Waals surface area contributed by atoms with Gasteiger partial charge >= 0.3 is 6.18 Å². The normalized spacial score (nSPS) is 12.0. The third-order valence-corrected chi connectivity index (χ3v) is 5.05. The Morgan fingerprint density at radius 1 is 1.33 bits per heavy atom. The predicted octanol–water partition coefficient (Wildman–Crippen LogP) is 5.28. The SMILES string of the molecule is Cc1nc2c(Br)c(C(=O)c3cc(F)ccc3Cl)c(N)cc2n1CC(F)(F)F. The van der Waals surface area contributed by atoms with Crippen molar-refractivity contribution in [2.75, 3.05) is 5.73 Å². The van der Waals surface area contributed by atoms with Gasteiger partial charge in [-0.15, -0.1) is 0 Å². The Kier molecular flexibility index (Phi) is 4.94. The van der Waals surface area contributed by atoms with Crippen molar-refractivity contribution in [2.24, 2.45) is 0 Å². The summed E-state index contributed by atoms with van der Waals surface area (Å²) in [4.78, 5) is 17.0. The molecule has 3 aromatic rings. The van der Waals surface area contributed by atoms with Crippen LogP contribution in [-0.4, -0.2) is 21.5 Å².